The standard InChI is InChI=1S/C21H32O4S/c1-16(2)17(11-13-18(23)8-7-15-22)12-14-20(21(24)25-3)26-19-9-5-4-6-10-19/h4-6,9-10,14,16-18,22-23H,7-8,11-13,15H2,1-3H3/t17-,18?/m1/s1. The number of carbonyl (C=O) groups is 1. The van der Waals surface area contributed by atoms with Crippen LogP contribution in [0.5, 0.6) is 0 Å². The molecule has 0 amide bonds. The second-order valence-corrected chi connectivity index (χ2v) is 7.93. The first kappa shape index (κ1) is 22.7. The molecule has 0 spiro atoms. The van der Waals surface area contributed by atoms with E-state index in [9.17, 15) is 9.90 Å². The van der Waals surface area contributed by atoms with Crippen LogP contribution >= 0.6 is 11.8 Å². The van der Waals surface area contributed by atoms with Gasteiger partial charge in [0, 0.05) is 11.5 Å². The molecule has 26 heavy (non-hydrogen) atoms. The Balaban J connectivity index is 2.71. The van der Waals surface area contributed by atoms with Crippen LogP contribution in [-0.2, 0) is 9.53 Å². The molecule has 0 heterocycles. The predicted molar refractivity (Wildman–Crippen MR) is 107 cm³/mol. The molecule has 2 atom stereocenters. The molecule has 4 nitrogen and oxygen atoms in total. The Hall–Kier alpha value is -1.30. The molecule has 2 N–H and O–H groups in total. The molecule has 0 aliphatic carbocycles. The SMILES string of the molecule is COC(=O)C(=CC[C@@H](CCC(O)CCCO)C(C)C)Sc1ccccc1. The average Bonchev–Trinajstić information content (AvgIpc) is 2.65. The van der Waals surface area contributed by atoms with Crippen LogP contribution in [0.1, 0.15) is 46.0 Å². The summed E-state index contributed by atoms with van der Waals surface area (Å²) in [6.45, 7) is 4.45. The summed E-state index contributed by atoms with van der Waals surface area (Å²) in [5.74, 6) is 0.524. The van der Waals surface area contributed by atoms with Crippen molar-refractivity contribution in [1.82, 2.24) is 0 Å². The van der Waals surface area contributed by atoms with E-state index in [0.717, 1.165) is 24.2 Å². The minimum atomic E-state index is -0.369. The number of methoxy groups -OCH3 is 1. The maximum absolute atomic E-state index is 12.1. The van der Waals surface area contributed by atoms with E-state index < -0.39 is 0 Å². The molecular weight excluding hydrogens is 348 g/mol. The summed E-state index contributed by atoms with van der Waals surface area (Å²) in [7, 11) is 1.40. The van der Waals surface area contributed by atoms with Crippen molar-refractivity contribution in [3.8, 4) is 0 Å². The topological polar surface area (TPSA) is 66.8 Å². The number of benzene rings is 1. The summed E-state index contributed by atoms with van der Waals surface area (Å²) in [6, 6.07) is 9.78. The van der Waals surface area contributed by atoms with Crippen LogP contribution in [0, 0.1) is 11.8 Å². The normalized spacial score (nSPS) is 14.3. The lowest BCUT2D eigenvalue weighted by Crippen LogP contribution is -2.14. The van der Waals surface area contributed by atoms with E-state index in [1.165, 1.54) is 18.9 Å². The summed E-state index contributed by atoms with van der Waals surface area (Å²) in [5.41, 5.74) is 0. The smallest absolute Gasteiger partial charge is 0.344 e. The summed E-state index contributed by atoms with van der Waals surface area (Å²) >= 11 is 1.42. The maximum atomic E-state index is 12.1. The molecule has 0 saturated carbocycles. The van der Waals surface area contributed by atoms with Crippen molar-refractivity contribution in [2.75, 3.05) is 13.7 Å². The molecule has 1 aromatic rings. The monoisotopic (exact) mass is 380 g/mol. The average molecular weight is 381 g/mol. The van der Waals surface area contributed by atoms with Gasteiger partial charge in [-0.3, -0.25) is 0 Å². The Labute approximate surface area is 161 Å². The fourth-order valence-electron chi connectivity index (χ4n) is 2.74. The molecule has 0 fully saturated rings. The van der Waals surface area contributed by atoms with E-state index in [2.05, 4.69) is 13.8 Å². The van der Waals surface area contributed by atoms with E-state index in [1.54, 1.807) is 0 Å². The van der Waals surface area contributed by atoms with Crippen LogP contribution in [0.15, 0.2) is 46.2 Å². The quantitative estimate of drug-likeness (QED) is 0.319. The zero-order valence-corrected chi connectivity index (χ0v) is 16.9. The van der Waals surface area contributed by atoms with Gasteiger partial charge in [-0.25, -0.2) is 4.79 Å². The molecule has 0 saturated heterocycles. The lowest BCUT2D eigenvalue weighted by Gasteiger charge is -2.21. The number of thioether (sulfide) groups is 1. The Morgan fingerprint density at radius 2 is 1.88 bits per heavy atom. The lowest BCUT2D eigenvalue weighted by molar-refractivity contribution is -0.135. The molecule has 5 heteroatoms. The maximum Gasteiger partial charge on any atom is 0.344 e. The van der Waals surface area contributed by atoms with E-state index in [0.29, 0.717) is 29.6 Å². The number of allylic oxidation sites excluding steroid dienone is 1. The Bertz CT molecular complexity index is 542. The first-order chi connectivity index (χ1) is 12.5. The number of aliphatic hydroxyl groups is 2. The highest BCUT2D eigenvalue weighted by molar-refractivity contribution is 8.04. The number of hydrogen-bond acceptors (Lipinski definition) is 5. The highest BCUT2D eigenvalue weighted by Crippen LogP contribution is 2.30. The van der Waals surface area contributed by atoms with Crippen molar-refractivity contribution in [3.05, 3.63) is 41.3 Å². The van der Waals surface area contributed by atoms with Crippen molar-refractivity contribution in [1.29, 1.82) is 0 Å². The first-order valence-electron chi connectivity index (χ1n) is 9.28. The van der Waals surface area contributed by atoms with Gasteiger partial charge in [0.05, 0.1) is 18.1 Å². The van der Waals surface area contributed by atoms with Gasteiger partial charge in [0.1, 0.15) is 0 Å². The van der Waals surface area contributed by atoms with E-state index in [-0.39, 0.29) is 18.7 Å². The number of aliphatic hydroxyl groups excluding tert-OH is 2. The van der Waals surface area contributed by atoms with Crippen molar-refractivity contribution < 1.29 is 19.7 Å². The molecule has 1 rings (SSSR count). The van der Waals surface area contributed by atoms with Crippen LogP contribution in [0.2, 0.25) is 0 Å². The summed E-state index contributed by atoms with van der Waals surface area (Å²) in [4.78, 5) is 13.7. The van der Waals surface area contributed by atoms with Gasteiger partial charge < -0.3 is 14.9 Å². The largest absolute Gasteiger partial charge is 0.465 e. The second-order valence-electron chi connectivity index (χ2n) is 6.81. The Morgan fingerprint density at radius 3 is 2.46 bits per heavy atom. The Morgan fingerprint density at radius 1 is 1.19 bits per heavy atom. The Kier molecular flexibility index (Phi) is 11.3. The van der Waals surface area contributed by atoms with Crippen molar-refractivity contribution in [2.45, 2.75) is 57.0 Å². The minimum Gasteiger partial charge on any atom is -0.465 e. The summed E-state index contributed by atoms with van der Waals surface area (Å²) in [5, 5.41) is 18.9. The highest BCUT2D eigenvalue weighted by atomic mass is 32.2. The van der Waals surface area contributed by atoms with Gasteiger partial charge in [-0.15, -0.1) is 0 Å². The van der Waals surface area contributed by atoms with Crippen LogP contribution in [0.3, 0.4) is 0 Å². The van der Waals surface area contributed by atoms with Gasteiger partial charge in [0.2, 0.25) is 0 Å². The van der Waals surface area contributed by atoms with Crippen molar-refractivity contribution in [3.63, 3.8) is 0 Å². The van der Waals surface area contributed by atoms with Crippen molar-refractivity contribution in [2.24, 2.45) is 11.8 Å². The number of rotatable bonds is 12. The first-order valence-corrected chi connectivity index (χ1v) is 10.1. The van der Waals surface area contributed by atoms with E-state index in [1.807, 2.05) is 36.4 Å². The third-order valence-corrected chi connectivity index (χ3v) is 5.53. The molecule has 0 bridgehead atoms. The third-order valence-electron chi connectivity index (χ3n) is 4.47. The molecule has 0 aromatic heterocycles. The molecule has 1 unspecified atom stereocenters. The van der Waals surface area contributed by atoms with Gasteiger partial charge in [-0.2, -0.15) is 0 Å². The number of hydrogen-bond donors (Lipinski definition) is 2. The fourth-order valence-corrected chi connectivity index (χ4v) is 3.64. The zero-order chi connectivity index (χ0) is 19.4. The molecule has 0 aliphatic heterocycles. The number of esters is 1. The second kappa shape index (κ2) is 13.0. The zero-order valence-electron chi connectivity index (χ0n) is 16.1. The molecule has 146 valence electrons. The van der Waals surface area contributed by atoms with Gasteiger partial charge in [0.25, 0.3) is 0 Å². The van der Waals surface area contributed by atoms with Crippen LogP contribution < -0.4 is 0 Å². The fraction of sp³-hybridized carbons (Fsp3) is 0.571. The lowest BCUT2D eigenvalue weighted by atomic mass is 9.87. The third kappa shape index (κ3) is 8.88. The molecule has 0 radical (unpaired) electrons. The summed E-state index contributed by atoms with van der Waals surface area (Å²) < 4.78 is 4.93. The minimum absolute atomic E-state index is 0.118. The van der Waals surface area contributed by atoms with Gasteiger partial charge in [0.15, 0.2) is 0 Å². The highest BCUT2D eigenvalue weighted by Gasteiger charge is 2.17. The van der Waals surface area contributed by atoms with Crippen LogP contribution in [-0.4, -0.2) is 36.0 Å². The van der Waals surface area contributed by atoms with Gasteiger partial charge >= 0.3 is 5.97 Å². The predicted octanol–water partition coefficient (Wildman–Crippen LogP) is 4.41. The summed E-state index contributed by atoms with van der Waals surface area (Å²) in [6.07, 6.45) is 5.25. The van der Waals surface area contributed by atoms with Crippen molar-refractivity contribution >= 4 is 17.7 Å². The van der Waals surface area contributed by atoms with Crippen LogP contribution in [0.4, 0.5) is 0 Å². The molecule has 0 aliphatic rings. The van der Waals surface area contributed by atoms with Gasteiger partial charge in [-0.05, 0) is 56.1 Å². The molecule has 1 aromatic carbocycles. The van der Waals surface area contributed by atoms with Gasteiger partial charge in [-0.1, -0.05) is 49.9 Å². The van der Waals surface area contributed by atoms with E-state index in [4.69, 9.17) is 9.84 Å². The van der Waals surface area contributed by atoms with E-state index >= 15 is 0 Å². The number of ether oxygens (including phenoxy) is 1. The number of carbonyl (C=O) groups excluding carboxylic acids is 1. The molecular formula is C21H32O4S. The van der Waals surface area contributed by atoms with Crippen LogP contribution in [0.25, 0.3) is 0 Å².